The lowest BCUT2D eigenvalue weighted by atomic mass is 10.1. The van der Waals surface area contributed by atoms with Crippen molar-refractivity contribution >= 4 is 28.8 Å². The number of benzene rings is 1. The maximum atomic E-state index is 12.1. The van der Waals surface area contributed by atoms with Crippen molar-refractivity contribution in [3.8, 4) is 5.75 Å². The Balaban J connectivity index is 1.89. The molecule has 0 aliphatic heterocycles. The lowest BCUT2D eigenvalue weighted by Crippen LogP contribution is -2.40. The number of hydrogen-bond donors (Lipinski definition) is 2. The number of rotatable bonds is 6. The predicted molar refractivity (Wildman–Crippen MR) is 95.5 cm³/mol. The Morgan fingerprint density at radius 2 is 1.81 bits per heavy atom. The van der Waals surface area contributed by atoms with E-state index in [1.54, 1.807) is 0 Å². The molecular weight excluding hydrogens is 383 g/mol. The molecule has 0 bridgehead atoms. The first-order valence-electron chi connectivity index (χ1n) is 7.79. The highest BCUT2D eigenvalue weighted by molar-refractivity contribution is 7.07. The van der Waals surface area contributed by atoms with Crippen LogP contribution < -0.4 is 15.4 Å². The van der Waals surface area contributed by atoms with Gasteiger partial charge < -0.3 is 20.3 Å². The summed E-state index contributed by atoms with van der Waals surface area (Å²) in [5, 5.41) is 8.76. The molecule has 1 atom stereocenters. The molecular formula is C17H18F3N3O3S. The highest BCUT2D eigenvalue weighted by atomic mass is 32.1. The van der Waals surface area contributed by atoms with Crippen molar-refractivity contribution in [1.82, 2.24) is 10.2 Å². The molecule has 0 radical (unpaired) electrons. The number of hydrogen-bond acceptors (Lipinski definition) is 5. The predicted octanol–water partition coefficient (Wildman–Crippen LogP) is 3.00. The first-order chi connectivity index (χ1) is 12.7. The van der Waals surface area contributed by atoms with Gasteiger partial charge in [-0.05, 0) is 60.8 Å². The van der Waals surface area contributed by atoms with E-state index in [1.165, 1.54) is 23.5 Å². The quantitative estimate of drug-likeness (QED) is 0.730. The summed E-state index contributed by atoms with van der Waals surface area (Å²) < 4.78 is 40.1. The van der Waals surface area contributed by atoms with Crippen molar-refractivity contribution in [1.29, 1.82) is 0 Å². The van der Waals surface area contributed by atoms with Crippen LogP contribution in [0.15, 0.2) is 41.1 Å². The van der Waals surface area contributed by atoms with Gasteiger partial charge in [-0.1, -0.05) is 0 Å². The Hall–Kier alpha value is -2.59. The highest BCUT2D eigenvalue weighted by Gasteiger charge is 2.31. The summed E-state index contributed by atoms with van der Waals surface area (Å²) in [6, 6.07) is 6.35. The van der Waals surface area contributed by atoms with E-state index in [0.717, 1.165) is 17.7 Å². The average Bonchev–Trinajstić information content (AvgIpc) is 3.09. The molecule has 2 N–H and O–H groups in total. The fraction of sp³-hybridized carbons (Fsp3) is 0.294. The zero-order valence-electron chi connectivity index (χ0n) is 14.5. The van der Waals surface area contributed by atoms with E-state index >= 15 is 0 Å². The molecule has 0 aliphatic rings. The van der Waals surface area contributed by atoms with Crippen LogP contribution in [0.4, 0.5) is 18.9 Å². The second-order valence-electron chi connectivity index (χ2n) is 5.77. The fourth-order valence-electron chi connectivity index (χ4n) is 2.26. The number of thiophene rings is 1. The minimum atomic E-state index is -4.80. The normalized spacial score (nSPS) is 12.5. The van der Waals surface area contributed by atoms with Crippen molar-refractivity contribution in [3.05, 3.63) is 46.7 Å². The highest BCUT2D eigenvalue weighted by Crippen LogP contribution is 2.24. The van der Waals surface area contributed by atoms with Crippen LogP contribution in [-0.4, -0.2) is 43.7 Å². The molecule has 1 aromatic carbocycles. The molecule has 1 unspecified atom stereocenters. The van der Waals surface area contributed by atoms with E-state index in [-0.39, 0.29) is 18.3 Å². The number of anilines is 1. The number of halogens is 3. The summed E-state index contributed by atoms with van der Waals surface area (Å²) >= 11 is 1.53. The summed E-state index contributed by atoms with van der Waals surface area (Å²) in [4.78, 5) is 25.9. The summed E-state index contributed by atoms with van der Waals surface area (Å²) in [6.07, 6.45) is -4.80. The Labute approximate surface area is 157 Å². The van der Waals surface area contributed by atoms with Crippen LogP contribution >= 0.6 is 11.3 Å². The number of amides is 2. The third-order valence-electron chi connectivity index (χ3n) is 3.56. The van der Waals surface area contributed by atoms with Crippen molar-refractivity contribution in [2.45, 2.75) is 12.4 Å². The van der Waals surface area contributed by atoms with Crippen LogP contribution in [0.3, 0.4) is 0 Å². The average molecular weight is 401 g/mol. The van der Waals surface area contributed by atoms with Gasteiger partial charge in [-0.2, -0.15) is 11.3 Å². The van der Waals surface area contributed by atoms with E-state index in [0.29, 0.717) is 0 Å². The molecule has 0 saturated carbocycles. The van der Waals surface area contributed by atoms with Crippen molar-refractivity contribution in [2.75, 3.05) is 26.0 Å². The zero-order valence-corrected chi connectivity index (χ0v) is 15.4. The molecule has 146 valence electrons. The number of ether oxygens (including phenoxy) is 1. The number of nitrogens with zero attached hydrogens (tertiary/aromatic N) is 1. The van der Waals surface area contributed by atoms with Crippen LogP contribution in [0.2, 0.25) is 0 Å². The molecule has 0 fully saturated rings. The summed E-state index contributed by atoms with van der Waals surface area (Å²) in [6.45, 7) is 0.231. The lowest BCUT2D eigenvalue weighted by molar-refractivity contribution is -0.274. The van der Waals surface area contributed by atoms with Crippen molar-refractivity contribution in [2.24, 2.45) is 0 Å². The second-order valence-corrected chi connectivity index (χ2v) is 6.55. The molecule has 1 aromatic heterocycles. The van der Waals surface area contributed by atoms with Crippen molar-refractivity contribution < 1.29 is 27.5 Å². The lowest BCUT2D eigenvalue weighted by Gasteiger charge is -2.23. The number of alkyl halides is 3. The van der Waals surface area contributed by atoms with E-state index < -0.39 is 23.9 Å². The molecule has 1 heterocycles. The number of likely N-dealkylation sites (N-methyl/N-ethyl adjacent to an activating group) is 1. The minimum absolute atomic E-state index is 0.0909. The second kappa shape index (κ2) is 8.87. The number of carbonyl (C=O) groups excluding carboxylic acids is 2. The third-order valence-corrected chi connectivity index (χ3v) is 4.26. The molecule has 0 spiro atoms. The minimum Gasteiger partial charge on any atom is -0.406 e. The van der Waals surface area contributed by atoms with Gasteiger partial charge in [0.2, 0.25) is 0 Å². The third kappa shape index (κ3) is 6.57. The van der Waals surface area contributed by atoms with E-state index in [1.807, 2.05) is 35.8 Å². The molecule has 2 amide bonds. The molecule has 0 saturated heterocycles. The topological polar surface area (TPSA) is 70.7 Å². The fourth-order valence-corrected chi connectivity index (χ4v) is 2.97. The molecule has 0 aliphatic carbocycles. The largest absolute Gasteiger partial charge is 0.573 e. The standard InChI is InChI=1S/C17H18F3N3O3S/c1-23(2)14(11-7-8-27-10-11)9-21-15(24)16(25)22-12-3-5-13(6-4-12)26-17(18,19)20/h3-8,10,14H,9H2,1-2H3,(H,21,24)(H,22,25). The van der Waals surface area contributed by atoms with Gasteiger partial charge in [-0.3, -0.25) is 9.59 Å². The zero-order chi connectivity index (χ0) is 20.0. The maximum Gasteiger partial charge on any atom is 0.573 e. The monoisotopic (exact) mass is 401 g/mol. The summed E-state index contributed by atoms with van der Waals surface area (Å²) in [7, 11) is 3.72. The Bertz CT molecular complexity index is 762. The van der Waals surface area contributed by atoms with Crippen LogP contribution in [0, 0.1) is 0 Å². The molecule has 10 heteroatoms. The van der Waals surface area contributed by atoms with Gasteiger partial charge >= 0.3 is 18.2 Å². The van der Waals surface area contributed by atoms with Gasteiger partial charge in [0.05, 0.1) is 6.04 Å². The summed E-state index contributed by atoms with van der Waals surface area (Å²) in [5.41, 5.74) is 1.19. The summed E-state index contributed by atoms with van der Waals surface area (Å²) in [5.74, 6) is -2.18. The van der Waals surface area contributed by atoms with Gasteiger partial charge in [-0.15, -0.1) is 13.2 Å². The SMILES string of the molecule is CN(C)C(CNC(=O)C(=O)Nc1ccc(OC(F)(F)F)cc1)c1ccsc1. The molecule has 6 nitrogen and oxygen atoms in total. The van der Waals surface area contributed by atoms with Crippen LogP contribution in [0.25, 0.3) is 0 Å². The number of nitrogens with one attached hydrogen (secondary N) is 2. The van der Waals surface area contributed by atoms with Crippen LogP contribution in [-0.2, 0) is 9.59 Å². The van der Waals surface area contributed by atoms with Gasteiger partial charge in [0, 0.05) is 12.2 Å². The molecule has 2 aromatic rings. The Morgan fingerprint density at radius 3 is 2.33 bits per heavy atom. The smallest absolute Gasteiger partial charge is 0.406 e. The maximum absolute atomic E-state index is 12.1. The van der Waals surface area contributed by atoms with Gasteiger partial charge in [0.15, 0.2) is 0 Å². The van der Waals surface area contributed by atoms with Gasteiger partial charge in [-0.25, -0.2) is 0 Å². The Kier molecular flexibility index (Phi) is 6.81. The first kappa shape index (κ1) is 20.7. The van der Waals surface area contributed by atoms with Crippen molar-refractivity contribution in [3.63, 3.8) is 0 Å². The first-order valence-corrected chi connectivity index (χ1v) is 8.73. The van der Waals surface area contributed by atoms with Crippen LogP contribution in [0.1, 0.15) is 11.6 Å². The molecule has 27 heavy (non-hydrogen) atoms. The molecule has 2 rings (SSSR count). The van der Waals surface area contributed by atoms with E-state index in [9.17, 15) is 22.8 Å². The Morgan fingerprint density at radius 1 is 1.15 bits per heavy atom. The van der Waals surface area contributed by atoms with E-state index in [2.05, 4.69) is 15.4 Å². The van der Waals surface area contributed by atoms with Gasteiger partial charge in [0.1, 0.15) is 5.75 Å². The van der Waals surface area contributed by atoms with E-state index in [4.69, 9.17) is 0 Å². The number of carbonyl (C=O) groups is 2. The van der Waals surface area contributed by atoms with Crippen LogP contribution in [0.5, 0.6) is 5.75 Å². The van der Waals surface area contributed by atoms with Gasteiger partial charge in [0.25, 0.3) is 0 Å².